The van der Waals surface area contributed by atoms with E-state index in [1.54, 1.807) is 12.1 Å². The highest BCUT2D eigenvalue weighted by Gasteiger charge is 2.49. The predicted molar refractivity (Wildman–Crippen MR) is 79.1 cm³/mol. The van der Waals surface area contributed by atoms with Gasteiger partial charge in [-0.25, -0.2) is 4.79 Å². The van der Waals surface area contributed by atoms with Gasteiger partial charge in [0.2, 0.25) is 0 Å². The van der Waals surface area contributed by atoms with Crippen molar-refractivity contribution < 1.29 is 19.2 Å². The lowest BCUT2D eigenvalue weighted by Crippen LogP contribution is -2.41. The number of carboxylic acid groups (broad SMARTS) is 1. The van der Waals surface area contributed by atoms with Crippen molar-refractivity contribution in [2.45, 2.75) is 38.9 Å². The zero-order valence-corrected chi connectivity index (χ0v) is 12.5. The molecule has 0 unspecified atom stereocenters. The van der Waals surface area contributed by atoms with E-state index in [-0.39, 0.29) is 5.56 Å². The summed E-state index contributed by atoms with van der Waals surface area (Å²) in [5.74, 6) is 0.428. The minimum Gasteiger partial charge on any atom is -0.477 e. The molecule has 1 aliphatic rings. The van der Waals surface area contributed by atoms with Gasteiger partial charge in [0.05, 0.1) is 11.2 Å². The molecule has 1 aromatic heterocycles. The van der Waals surface area contributed by atoms with Crippen LogP contribution in [0.4, 0.5) is 0 Å². The molecule has 112 valence electrons. The summed E-state index contributed by atoms with van der Waals surface area (Å²) >= 11 is 0. The van der Waals surface area contributed by atoms with Crippen molar-refractivity contribution in [3.8, 4) is 0 Å². The zero-order valence-electron chi connectivity index (χ0n) is 12.5. The van der Waals surface area contributed by atoms with Gasteiger partial charge < -0.3 is 19.4 Å². The Morgan fingerprint density at radius 2 is 1.86 bits per heavy atom. The van der Waals surface area contributed by atoms with Crippen molar-refractivity contribution in [1.82, 2.24) is 4.98 Å². The molecule has 2 N–H and O–H groups in total. The summed E-state index contributed by atoms with van der Waals surface area (Å²) in [6, 6.07) is 1.31. The summed E-state index contributed by atoms with van der Waals surface area (Å²) < 4.78 is 11.6. The van der Waals surface area contributed by atoms with Crippen LogP contribution < -0.4 is 5.56 Å². The van der Waals surface area contributed by atoms with Gasteiger partial charge in [-0.05, 0) is 39.3 Å². The third kappa shape index (κ3) is 3.09. The Labute approximate surface area is 122 Å². The fourth-order valence-corrected chi connectivity index (χ4v) is 1.91. The number of nitrogens with one attached hydrogen (secondary N) is 1. The molecule has 21 heavy (non-hydrogen) atoms. The van der Waals surface area contributed by atoms with Crippen molar-refractivity contribution in [1.29, 1.82) is 0 Å². The number of aromatic carboxylic acids is 1. The Morgan fingerprint density at radius 3 is 2.38 bits per heavy atom. The molecular weight excluding hydrogens is 273 g/mol. The smallest absolute Gasteiger partial charge is 0.477 e. The third-order valence-corrected chi connectivity index (χ3v) is 3.87. The second-order valence-electron chi connectivity index (χ2n) is 5.96. The van der Waals surface area contributed by atoms with Gasteiger partial charge in [0.15, 0.2) is 0 Å². The standard InChI is InChI=1S/C14H18BNO5/c1-13(2)14(3,4)21-15(20-13)6-5-9-7-10(12(18)19)11(17)16-8-9/h5-8H,1-4H3,(H,16,17)(H,18,19)/b6-5+. The minimum absolute atomic E-state index is 0.300. The quantitative estimate of drug-likeness (QED) is 0.828. The molecule has 1 saturated heterocycles. The molecule has 0 spiro atoms. The van der Waals surface area contributed by atoms with E-state index in [9.17, 15) is 9.59 Å². The average molecular weight is 291 g/mol. The molecule has 2 rings (SSSR count). The fraction of sp³-hybridized carbons (Fsp3) is 0.429. The lowest BCUT2D eigenvalue weighted by atomic mass is 9.89. The van der Waals surface area contributed by atoms with Gasteiger partial charge in [0.1, 0.15) is 5.56 Å². The maximum Gasteiger partial charge on any atom is 0.487 e. The largest absolute Gasteiger partial charge is 0.487 e. The zero-order chi connectivity index (χ0) is 15.8. The normalized spacial score (nSPS) is 20.1. The maximum absolute atomic E-state index is 11.3. The lowest BCUT2D eigenvalue weighted by Gasteiger charge is -2.32. The second-order valence-corrected chi connectivity index (χ2v) is 5.96. The monoisotopic (exact) mass is 291 g/mol. The number of hydrogen-bond donors (Lipinski definition) is 2. The number of hydrogen-bond acceptors (Lipinski definition) is 4. The van der Waals surface area contributed by atoms with Gasteiger partial charge in [-0.2, -0.15) is 0 Å². The summed E-state index contributed by atoms with van der Waals surface area (Å²) in [6.45, 7) is 7.79. The Balaban J connectivity index is 2.18. The van der Waals surface area contributed by atoms with E-state index in [0.29, 0.717) is 5.56 Å². The lowest BCUT2D eigenvalue weighted by molar-refractivity contribution is 0.00578. The molecular formula is C14H18BNO5. The van der Waals surface area contributed by atoms with Gasteiger partial charge >= 0.3 is 13.1 Å². The van der Waals surface area contributed by atoms with Crippen LogP contribution in [0, 0.1) is 0 Å². The molecule has 0 aliphatic carbocycles. The number of H-pyrrole nitrogens is 1. The molecule has 1 aromatic rings. The first-order valence-corrected chi connectivity index (χ1v) is 6.62. The van der Waals surface area contributed by atoms with Crippen molar-refractivity contribution in [2.75, 3.05) is 0 Å². The van der Waals surface area contributed by atoms with E-state index < -0.39 is 29.8 Å². The van der Waals surface area contributed by atoms with Crippen LogP contribution in [0.3, 0.4) is 0 Å². The van der Waals surface area contributed by atoms with E-state index in [4.69, 9.17) is 14.4 Å². The molecule has 1 aliphatic heterocycles. The van der Waals surface area contributed by atoms with Crippen LogP contribution in [0.2, 0.25) is 0 Å². The molecule has 1 fully saturated rings. The van der Waals surface area contributed by atoms with Crippen molar-refractivity contribution >= 4 is 19.2 Å². The number of aromatic amines is 1. The van der Waals surface area contributed by atoms with E-state index in [0.717, 1.165) is 0 Å². The molecule has 6 nitrogen and oxygen atoms in total. The first kappa shape index (κ1) is 15.5. The first-order chi connectivity index (χ1) is 9.62. The average Bonchev–Trinajstić information content (AvgIpc) is 2.56. The molecule has 2 heterocycles. The SMILES string of the molecule is CC1(C)OB(/C=C/c2c[nH]c(=O)c(C(=O)O)c2)OC1(C)C. The summed E-state index contributed by atoms with van der Waals surface area (Å²) in [4.78, 5) is 24.6. The topological polar surface area (TPSA) is 88.6 Å². The van der Waals surface area contributed by atoms with Crippen molar-refractivity contribution in [3.63, 3.8) is 0 Å². The molecule has 0 saturated carbocycles. The summed E-state index contributed by atoms with van der Waals surface area (Å²) in [7, 11) is -0.518. The highest BCUT2D eigenvalue weighted by Crippen LogP contribution is 2.36. The van der Waals surface area contributed by atoms with E-state index in [1.165, 1.54) is 12.3 Å². The van der Waals surface area contributed by atoms with Crippen molar-refractivity contribution in [3.05, 3.63) is 39.7 Å². The summed E-state index contributed by atoms with van der Waals surface area (Å²) in [6.07, 6.45) is 3.10. The number of rotatable bonds is 3. The van der Waals surface area contributed by atoms with Gasteiger partial charge in [-0.15, -0.1) is 0 Å². The van der Waals surface area contributed by atoms with Gasteiger partial charge in [0, 0.05) is 6.20 Å². The fourth-order valence-electron chi connectivity index (χ4n) is 1.91. The Kier molecular flexibility index (Phi) is 3.82. The molecule has 7 heteroatoms. The molecule has 0 amide bonds. The summed E-state index contributed by atoms with van der Waals surface area (Å²) in [5, 5.41) is 8.91. The second kappa shape index (κ2) is 5.16. The molecule has 0 radical (unpaired) electrons. The van der Waals surface area contributed by atoms with E-state index in [2.05, 4.69) is 4.98 Å². The number of carbonyl (C=O) groups is 1. The van der Waals surface area contributed by atoms with Crippen LogP contribution in [-0.4, -0.2) is 34.4 Å². The number of carboxylic acids is 1. The van der Waals surface area contributed by atoms with E-state index in [1.807, 2.05) is 27.7 Å². The van der Waals surface area contributed by atoms with Crippen LogP contribution in [0.15, 0.2) is 23.0 Å². The van der Waals surface area contributed by atoms with Crippen molar-refractivity contribution in [2.24, 2.45) is 0 Å². The van der Waals surface area contributed by atoms with Crippen LogP contribution in [0.25, 0.3) is 6.08 Å². The highest BCUT2D eigenvalue weighted by atomic mass is 16.7. The number of aromatic nitrogens is 1. The Hall–Kier alpha value is -1.86. The maximum atomic E-state index is 11.3. The van der Waals surface area contributed by atoms with Gasteiger partial charge in [-0.3, -0.25) is 4.79 Å². The number of pyridine rings is 1. The highest BCUT2D eigenvalue weighted by molar-refractivity contribution is 6.52. The minimum atomic E-state index is -1.26. The Bertz CT molecular complexity index is 631. The molecule has 0 aromatic carbocycles. The van der Waals surface area contributed by atoms with Gasteiger partial charge in [-0.1, -0.05) is 12.1 Å². The molecule has 0 atom stereocenters. The van der Waals surface area contributed by atoms with Crippen LogP contribution in [-0.2, 0) is 9.31 Å². The van der Waals surface area contributed by atoms with Gasteiger partial charge in [0.25, 0.3) is 5.56 Å². The first-order valence-electron chi connectivity index (χ1n) is 6.62. The third-order valence-electron chi connectivity index (χ3n) is 3.87. The summed E-state index contributed by atoms with van der Waals surface area (Å²) in [5.41, 5.74) is -1.23. The van der Waals surface area contributed by atoms with Crippen LogP contribution in [0.1, 0.15) is 43.6 Å². The van der Waals surface area contributed by atoms with E-state index >= 15 is 0 Å². The Morgan fingerprint density at radius 1 is 1.29 bits per heavy atom. The predicted octanol–water partition coefficient (Wildman–Crippen LogP) is 1.72. The molecule has 0 bridgehead atoms. The van der Waals surface area contributed by atoms with Crippen LogP contribution >= 0.6 is 0 Å². The van der Waals surface area contributed by atoms with Crippen LogP contribution in [0.5, 0.6) is 0 Å².